The molecule has 6 nitrogen and oxygen atoms in total. The number of ether oxygens (including phenoxy) is 1. The molecular formula is C17H18BrFN2O4. The first-order valence-corrected chi connectivity index (χ1v) is 9.29. The van der Waals surface area contributed by atoms with Gasteiger partial charge in [-0.3, -0.25) is 19.7 Å². The third-order valence-electron chi connectivity index (χ3n) is 4.37. The fourth-order valence-electron chi connectivity index (χ4n) is 3.10. The van der Waals surface area contributed by atoms with Gasteiger partial charge in [0, 0.05) is 23.4 Å². The number of benzene rings is 1. The molecule has 1 aromatic carbocycles. The summed E-state index contributed by atoms with van der Waals surface area (Å²) in [6.07, 6.45) is 2.19. The molecule has 1 fully saturated rings. The summed E-state index contributed by atoms with van der Waals surface area (Å²) in [4.78, 5) is 37.4. The van der Waals surface area contributed by atoms with Gasteiger partial charge < -0.3 is 9.64 Å². The number of carbonyl (C=O) groups excluding carboxylic acids is 3. The second-order valence-corrected chi connectivity index (χ2v) is 6.87. The summed E-state index contributed by atoms with van der Waals surface area (Å²) >= 11 is 3.34. The molecule has 3 rings (SSSR count). The van der Waals surface area contributed by atoms with E-state index in [4.69, 9.17) is 4.74 Å². The van der Waals surface area contributed by atoms with Crippen LogP contribution in [0.1, 0.15) is 41.6 Å². The summed E-state index contributed by atoms with van der Waals surface area (Å²) in [5.74, 6) is -1.44. The first kappa shape index (κ1) is 17.8. The Morgan fingerprint density at radius 1 is 1.28 bits per heavy atom. The molecule has 3 amide bonds. The van der Waals surface area contributed by atoms with Gasteiger partial charge in [0.2, 0.25) is 11.8 Å². The van der Waals surface area contributed by atoms with Crippen LogP contribution in [0, 0.1) is 5.82 Å². The normalized spacial score (nSPS) is 19.8. The van der Waals surface area contributed by atoms with Gasteiger partial charge in [0.15, 0.2) is 0 Å². The lowest BCUT2D eigenvalue weighted by molar-refractivity contribution is -0.136. The van der Waals surface area contributed by atoms with E-state index in [2.05, 4.69) is 21.2 Å². The van der Waals surface area contributed by atoms with Crippen LogP contribution in [0.3, 0.4) is 0 Å². The smallest absolute Gasteiger partial charge is 0.255 e. The molecule has 1 aromatic rings. The number of piperidine rings is 1. The van der Waals surface area contributed by atoms with E-state index in [1.807, 2.05) is 0 Å². The highest BCUT2D eigenvalue weighted by atomic mass is 79.9. The predicted molar refractivity (Wildman–Crippen MR) is 91.0 cm³/mol. The van der Waals surface area contributed by atoms with E-state index in [9.17, 15) is 18.8 Å². The van der Waals surface area contributed by atoms with E-state index in [0.29, 0.717) is 17.9 Å². The van der Waals surface area contributed by atoms with Crippen LogP contribution in [0.25, 0.3) is 0 Å². The molecule has 134 valence electrons. The first-order valence-electron chi connectivity index (χ1n) is 8.17. The standard InChI is InChI=1S/C17H18BrFN2O4/c18-5-1-2-6-25-14-8-10(19)7-11-12(14)9-21(17(11)24)13-3-4-15(22)20-16(13)23/h7-8,13H,1-6,9H2,(H,20,22,23). The van der Waals surface area contributed by atoms with E-state index in [-0.39, 0.29) is 30.9 Å². The quantitative estimate of drug-likeness (QED) is 0.441. The molecule has 2 aliphatic heterocycles. The van der Waals surface area contributed by atoms with Crippen molar-refractivity contribution >= 4 is 33.7 Å². The molecule has 0 spiro atoms. The number of alkyl halides is 1. The fourth-order valence-corrected chi connectivity index (χ4v) is 3.50. The summed E-state index contributed by atoms with van der Waals surface area (Å²) < 4.78 is 19.6. The Kier molecular flexibility index (Phi) is 5.36. The number of rotatable bonds is 6. The van der Waals surface area contributed by atoms with Crippen LogP contribution in [0.2, 0.25) is 0 Å². The van der Waals surface area contributed by atoms with Crippen LogP contribution < -0.4 is 10.1 Å². The third-order valence-corrected chi connectivity index (χ3v) is 4.93. The van der Waals surface area contributed by atoms with Gasteiger partial charge in [0.1, 0.15) is 17.6 Å². The Morgan fingerprint density at radius 3 is 2.80 bits per heavy atom. The number of nitrogens with zero attached hydrogens (tertiary/aromatic N) is 1. The average molecular weight is 413 g/mol. The van der Waals surface area contributed by atoms with Crippen molar-refractivity contribution in [2.45, 2.75) is 38.3 Å². The number of amides is 3. The van der Waals surface area contributed by atoms with Gasteiger partial charge in [-0.2, -0.15) is 0 Å². The Balaban J connectivity index is 1.80. The number of hydrogen-bond acceptors (Lipinski definition) is 4. The van der Waals surface area contributed by atoms with Crippen molar-refractivity contribution in [2.75, 3.05) is 11.9 Å². The molecule has 25 heavy (non-hydrogen) atoms. The Bertz CT molecular complexity index is 725. The summed E-state index contributed by atoms with van der Waals surface area (Å²) in [6.45, 7) is 0.600. The lowest BCUT2D eigenvalue weighted by atomic mass is 10.0. The van der Waals surface area contributed by atoms with Gasteiger partial charge in [-0.25, -0.2) is 4.39 Å². The largest absolute Gasteiger partial charge is 0.493 e. The second-order valence-electron chi connectivity index (χ2n) is 6.07. The predicted octanol–water partition coefficient (Wildman–Crippen LogP) is 2.14. The molecule has 1 unspecified atom stereocenters. The number of halogens is 2. The van der Waals surface area contributed by atoms with Crippen LogP contribution in [-0.2, 0) is 16.1 Å². The van der Waals surface area contributed by atoms with Crippen molar-refractivity contribution in [1.29, 1.82) is 0 Å². The molecule has 2 heterocycles. The van der Waals surface area contributed by atoms with Crippen LogP contribution in [-0.4, -0.2) is 40.6 Å². The summed E-state index contributed by atoms with van der Waals surface area (Å²) in [6, 6.07) is 1.73. The van der Waals surface area contributed by atoms with E-state index in [1.165, 1.54) is 17.0 Å². The summed E-state index contributed by atoms with van der Waals surface area (Å²) in [5.41, 5.74) is 0.815. The van der Waals surface area contributed by atoms with Crippen LogP contribution in [0.15, 0.2) is 12.1 Å². The Hall–Kier alpha value is -1.96. The first-order chi connectivity index (χ1) is 12.0. The molecule has 2 aliphatic rings. The topological polar surface area (TPSA) is 75.7 Å². The molecule has 1 saturated heterocycles. The number of imide groups is 1. The zero-order valence-electron chi connectivity index (χ0n) is 13.5. The molecule has 0 bridgehead atoms. The maximum absolute atomic E-state index is 13.9. The molecule has 0 aromatic heterocycles. The van der Waals surface area contributed by atoms with Crippen molar-refractivity contribution in [3.63, 3.8) is 0 Å². The monoisotopic (exact) mass is 412 g/mol. The van der Waals surface area contributed by atoms with Crippen molar-refractivity contribution in [1.82, 2.24) is 10.2 Å². The van der Waals surface area contributed by atoms with Crippen molar-refractivity contribution in [2.24, 2.45) is 0 Å². The number of nitrogens with one attached hydrogen (secondary N) is 1. The maximum Gasteiger partial charge on any atom is 0.255 e. The summed E-state index contributed by atoms with van der Waals surface area (Å²) in [7, 11) is 0. The minimum absolute atomic E-state index is 0.175. The maximum atomic E-state index is 13.9. The van der Waals surface area contributed by atoms with Gasteiger partial charge in [-0.05, 0) is 25.3 Å². The van der Waals surface area contributed by atoms with Gasteiger partial charge >= 0.3 is 0 Å². The SMILES string of the molecule is O=C1CCC(N2Cc3c(OCCCCBr)cc(F)cc3C2=O)C(=O)N1. The average Bonchev–Trinajstić information content (AvgIpc) is 2.89. The van der Waals surface area contributed by atoms with Gasteiger partial charge in [0.05, 0.1) is 18.7 Å². The van der Waals surface area contributed by atoms with Crippen molar-refractivity contribution < 1.29 is 23.5 Å². The van der Waals surface area contributed by atoms with Crippen LogP contribution in [0.5, 0.6) is 5.75 Å². The highest BCUT2D eigenvalue weighted by Gasteiger charge is 2.40. The van der Waals surface area contributed by atoms with Crippen LogP contribution in [0.4, 0.5) is 4.39 Å². The highest BCUT2D eigenvalue weighted by Crippen LogP contribution is 2.34. The number of carbonyl (C=O) groups is 3. The highest BCUT2D eigenvalue weighted by molar-refractivity contribution is 9.09. The van der Waals surface area contributed by atoms with Crippen LogP contribution >= 0.6 is 15.9 Å². The molecule has 0 radical (unpaired) electrons. The molecule has 0 aliphatic carbocycles. The molecule has 1 N–H and O–H groups in total. The van der Waals surface area contributed by atoms with Gasteiger partial charge in [-0.15, -0.1) is 0 Å². The van der Waals surface area contributed by atoms with E-state index >= 15 is 0 Å². The number of fused-ring (bicyclic) bond motifs is 1. The number of unbranched alkanes of at least 4 members (excludes halogenated alkanes) is 1. The van der Waals surface area contributed by atoms with E-state index in [0.717, 1.165) is 18.2 Å². The van der Waals surface area contributed by atoms with Gasteiger partial charge in [0.25, 0.3) is 5.91 Å². The fraction of sp³-hybridized carbons (Fsp3) is 0.471. The molecular weight excluding hydrogens is 395 g/mol. The Morgan fingerprint density at radius 2 is 2.08 bits per heavy atom. The molecule has 0 saturated carbocycles. The Labute approximate surface area is 152 Å². The minimum atomic E-state index is -0.720. The lowest BCUT2D eigenvalue weighted by Gasteiger charge is -2.29. The van der Waals surface area contributed by atoms with Gasteiger partial charge in [-0.1, -0.05) is 15.9 Å². The molecule has 1 atom stereocenters. The van der Waals surface area contributed by atoms with E-state index < -0.39 is 23.7 Å². The second kappa shape index (κ2) is 7.51. The third kappa shape index (κ3) is 3.68. The zero-order chi connectivity index (χ0) is 18.0. The minimum Gasteiger partial charge on any atom is -0.493 e. The number of hydrogen-bond donors (Lipinski definition) is 1. The zero-order valence-corrected chi connectivity index (χ0v) is 15.1. The lowest BCUT2D eigenvalue weighted by Crippen LogP contribution is -2.52. The van der Waals surface area contributed by atoms with E-state index in [1.54, 1.807) is 0 Å². The molecule has 8 heteroatoms. The van der Waals surface area contributed by atoms with Crippen molar-refractivity contribution in [3.8, 4) is 5.75 Å². The van der Waals surface area contributed by atoms with Crippen molar-refractivity contribution in [3.05, 3.63) is 29.1 Å². The summed E-state index contributed by atoms with van der Waals surface area (Å²) in [5, 5.41) is 3.11.